The largest absolute Gasteiger partial charge is 0.330 e. The Bertz CT molecular complexity index is 597. The van der Waals surface area contributed by atoms with Crippen molar-refractivity contribution < 1.29 is 0 Å². The second kappa shape index (κ2) is 18.8. The van der Waals surface area contributed by atoms with Crippen molar-refractivity contribution >= 4 is 0 Å². The molecule has 0 aliphatic heterocycles. The molecule has 2 aromatic carbocycles. The lowest BCUT2D eigenvalue weighted by Crippen LogP contribution is -2.31. The van der Waals surface area contributed by atoms with Crippen LogP contribution in [0.5, 0.6) is 0 Å². The molecule has 0 heterocycles. The van der Waals surface area contributed by atoms with Gasteiger partial charge in [-0.1, -0.05) is 86.3 Å². The van der Waals surface area contributed by atoms with Crippen LogP contribution in [0.25, 0.3) is 0 Å². The van der Waals surface area contributed by atoms with Crippen molar-refractivity contribution in [1.29, 1.82) is 0 Å². The van der Waals surface area contributed by atoms with E-state index in [1.807, 2.05) is 0 Å². The fourth-order valence-corrected chi connectivity index (χ4v) is 4.03. The van der Waals surface area contributed by atoms with E-state index >= 15 is 0 Å². The molecule has 0 saturated heterocycles. The van der Waals surface area contributed by atoms with Crippen LogP contribution in [0.3, 0.4) is 0 Å². The molecular weight excluding hydrogens is 392 g/mol. The summed E-state index contributed by atoms with van der Waals surface area (Å²) in [5.74, 6) is 0. The molecule has 2 aromatic rings. The molecule has 0 bridgehead atoms. The fraction of sp³-hybridized carbons (Fsp3) is 0.571. The third-order valence-corrected chi connectivity index (χ3v) is 5.93. The molecule has 0 atom stereocenters. The minimum absolute atomic E-state index is 0.838. The van der Waals surface area contributed by atoms with Gasteiger partial charge in [-0.2, -0.15) is 0 Å². The number of hydrogen-bond acceptors (Lipinski definition) is 4. The smallest absolute Gasteiger partial charge is 0.0205 e. The Balaban J connectivity index is 1.59. The molecule has 2 rings (SSSR count). The lowest BCUT2D eigenvalue weighted by Gasteiger charge is -2.22. The van der Waals surface area contributed by atoms with Gasteiger partial charge in [0.1, 0.15) is 0 Å². The molecule has 0 radical (unpaired) electrons. The molecule has 32 heavy (non-hydrogen) atoms. The Hall–Kier alpha value is -1.72. The zero-order valence-electron chi connectivity index (χ0n) is 20.1. The van der Waals surface area contributed by atoms with Crippen LogP contribution in [0.15, 0.2) is 60.7 Å². The molecule has 0 saturated carbocycles. The number of nitrogens with one attached hydrogen (secondary N) is 2. The number of nitrogens with zero attached hydrogens (tertiary/aromatic N) is 1. The van der Waals surface area contributed by atoms with Gasteiger partial charge in [-0.3, -0.25) is 0 Å². The van der Waals surface area contributed by atoms with Crippen molar-refractivity contribution in [3.05, 3.63) is 71.8 Å². The molecule has 0 fully saturated rings. The Kier molecular flexibility index (Phi) is 15.6. The Morgan fingerprint density at radius 1 is 0.531 bits per heavy atom. The molecule has 0 aliphatic rings. The van der Waals surface area contributed by atoms with Gasteiger partial charge in [0, 0.05) is 13.1 Å². The maximum atomic E-state index is 5.59. The standard InChI is InChI=1S/C28H46N4/c29-19-11-3-1-2-4-12-22-32(23-13-20-30-25-27-15-7-5-8-16-27)24-14-21-31-26-28-17-9-6-10-18-28/h5-10,15-18,30-31H,1-4,11-14,19-26,29H2. The number of unbranched alkanes of at least 4 members (excludes halogenated alkanes) is 5. The quantitative estimate of drug-likeness (QED) is 0.256. The molecule has 4 heteroatoms. The van der Waals surface area contributed by atoms with E-state index in [4.69, 9.17) is 5.73 Å². The molecule has 0 amide bonds. The summed E-state index contributed by atoms with van der Waals surface area (Å²) in [5, 5.41) is 7.20. The Morgan fingerprint density at radius 3 is 1.47 bits per heavy atom. The zero-order chi connectivity index (χ0) is 22.5. The van der Waals surface area contributed by atoms with E-state index in [-0.39, 0.29) is 0 Å². The van der Waals surface area contributed by atoms with E-state index < -0.39 is 0 Å². The van der Waals surface area contributed by atoms with E-state index in [2.05, 4.69) is 76.2 Å². The van der Waals surface area contributed by atoms with Crippen LogP contribution in [-0.4, -0.2) is 44.2 Å². The van der Waals surface area contributed by atoms with Crippen molar-refractivity contribution in [3.8, 4) is 0 Å². The number of benzene rings is 2. The van der Waals surface area contributed by atoms with E-state index in [0.717, 1.165) is 32.7 Å². The fourth-order valence-electron chi connectivity index (χ4n) is 4.03. The van der Waals surface area contributed by atoms with Gasteiger partial charge in [0.2, 0.25) is 0 Å². The SMILES string of the molecule is NCCCCCCCCN(CCCNCc1ccccc1)CCCNCc1ccccc1. The predicted octanol–water partition coefficient (Wildman–Crippen LogP) is 4.95. The topological polar surface area (TPSA) is 53.3 Å². The average Bonchev–Trinajstić information content (AvgIpc) is 2.84. The Labute approximate surface area is 197 Å². The van der Waals surface area contributed by atoms with Crippen molar-refractivity contribution in [2.24, 2.45) is 5.73 Å². The number of rotatable bonds is 20. The van der Waals surface area contributed by atoms with Crippen LogP contribution in [0.2, 0.25) is 0 Å². The van der Waals surface area contributed by atoms with Crippen LogP contribution in [0.1, 0.15) is 62.5 Å². The van der Waals surface area contributed by atoms with Crippen LogP contribution in [-0.2, 0) is 13.1 Å². The molecular formula is C28H46N4. The maximum Gasteiger partial charge on any atom is 0.0205 e. The van der Waals surface area contributed by atoms with Gasteiger partial charge in [-0.25, -0.2) is 0 Å². The van der Waals surface area contributed by atoms with Crippen LogP contribution >= 0.6 is 0 Å². The summed E-state index contributed by atoms with van der Waals surface area (Å²) in [5.41, 5.74) is 8.32. The summed E-state index contributed by atoms with van der Waals surface area (Å²) in [6, 6.07) is 21.4. The first kappa shape index (κ1) is 26.5. The molecule has 0 spiro atoms. The highest BCUT2D eigenvalue weighted by atomic mass is 15.1. The first-order chi connectivity index (χ1) is 15.9. The highest BCUT2D eigenvalue weighted by Gasteiger charge is 2.05. The van der Waals surface area contributed by atoms with Crippen LogP contribution in [0.4, 0.5) is 0 Å². The Morgan fingerprint density at radius 2 is 0.969 bits per heavy atom. The average molecular weight is 439 g/mol. The third-order valence-electron chi connectivity index (χ3n) is 5.93. The number of nitrogens with two attached hydrogens (primary N) is 1. The van der Waals surface area contributed by atoms with Gasteiger partial charge in [0.25, 0.3) is 0 Å². The second-order valence-electron chi connectivity index (χ2n) is 8.78. The van der Waals surface area contributed by atoms with Crippen LogP contribution in [0, 0.1) is 0 Å². The highest BCUT2D eigenvalue weighted by Crippen LogP contribution is 2.07. The zero-order valence-corrected chi connectivity index (χ0v) is 20.1. The van der Waals surface area contributed by atoms with E-state index in [9.17, 15) is 0 Å². The molecule has 0 aliphatic carbocycles. The van der Waals surface area contributed by atoms with Gasteiger partial charge < -0.3 is 21.3 Å². The molecule has 4 N–H and O–H groups in total. The van der Waals surface area contributed by atoms with Crippen LogP contribution < -0.4 is 16.4 Å². The first-order valence-corrected chi connectivity index (χ1v) is 12.8. The normalized spacial score (nSPS) is 11.3. The monoisotopic (exact) mass is 438 g/mol. The highest BCUT2D eigenvalue weighted by molar-refractivity contribution is 5.14. The molecule has 178 valence electrons. The van der Waals surface area contributed by atoms with Gasteiger partial charge in [0.05, 0.1) is 0 Å². The van der Waals surface area contributed by atoms with Crippen molar-refractivity contribution in [2.75, 3.05) is 39.3 Å². The lowest BCUT2D eigenvalue weighted by molar-refractivity contribution is 0.258. The summed E-state index contributed by atoms with van der Waals surface area (Å²) in [4.78, 5) is 2.67. The van der Waals surface area contributed by atoms with Gasteiger partial charge in [0.15, 0.2) is 0 Å². The van der Waals surface area contributed by atoms with Gasteiger partial charge in [-0.15, -0.1) is 0 Å². The van der Waals surface area contributed by atoms with E-state index in [1.54, 1.807) is 0 Å². The molecule has 0 aromatic heterocycles. The predicted molar refractivity (Wildman–Crippen MR) is 139 cm³/mol. The first-order valence-electron chi connectivity index (χ1n) is 12.8. The van der Waals surface area contributed by atoms with Gasteiger partial charge in [-0.05, 0) is 76.1 Å². The minimum atomic E-state index is 0.838. The number of hydrogen-bond donors (Lipinski definition) is 3. The summed E-state index contributed by atoms with van der Waals surface area (Å²) < 4.78 is 0. The van der Waals surface area contributed by atoms with E-state index in [0.29, 0.717) is 0 Å². The third kappa shape index (κ3) is 13.6. The minimum Gasteiger partial charge on any atom is -0.330 e. The summed E-state index contributed by atoms with van der Waals surface area (Å²) >= 11 is 0. The molecule has 0 unspecified atom stereocenters. The van der Waals surface area contributed by atoms with Crippen molar-refractivity contribution in [1.82, 2.24) is 15.5 Å². The van der Waals surface area contributed by atoms with E-state index in [1.165, 1.54) is 82.1 Å². The summed E-state index contributed by atoms with van der Waals surface area (Å²) in [6.45, 7) is 8.54. The lowest BCUT2D eigenvalue weighted by atomic mass is 10.1. The van der Waals surface area contributed by atoms with Crippen molar-refractivity contribution in [3.63, 3.8) is 0 Å². The maximum absolute atomic E-state index is 5.59. The van der Waals surface area contributed by atoms with Gasteiger partial charge >= 0.3 is 0 Å². The second-order valence-corrected chi connectivity index (χ2v) is 8.78. The summed E-state index contributed by atoms with van der Waals surface area (Å²) in [6.07, 6.45) is 10.2. The summed E-state index contributed by atoms with van der Waals surface area (Å²) in [7, 11) is 0. The molecule has 4 nitrogen and oxygen atoms in total. The van der Waals surface area contributed by atoms with Crippen molar-refractivity contribution in [2.45, 2.75) is 64.5 Å².